The monoisotopic (exact) mass is 1270 g/mol. The summed E-state index contributed by atoms with van der Waals surface area (Å²) in [4.78, 5) is 0. The number of hydrogen-bond donors (Lipinski definition) is 0. The summed E-state index contributed by atoms with van der Waals surface area (Å²) in [5, 5.41) is 10.9. The van der Waals surface area contributed by atoms with Crippen LogP contribution < -0.4 is 24.8 Å². The van der Waals surface area contributed by atoms with Crippen molar-refractivity contribution in [2.45, 2.75) is 120 Å². The van der Waals surface area contributed by atoms with Crippen LogP contribution in [0.5, 0.6) is 0 Å². The Bertz CT molecular complexity index is 3260. The molecule has 0 fully saturated rings. The predicted octanol–water partition coefficient (Wildman–Crippen LogP) is 15.6. The van der Waals surface area contributed by atoms with E-state index in [-0.39, 0.29) is 24.8 Å². The van der Waals surface area contributed by atoms with E-state index in [1.54, 1.807) is 11.1 Å². The second-order valence-electron chi connectivity index (χ2n) is 21.2. The van der Waals surface area contributed by atoms with Gasteiger partial charge in [-0.2, -0.15) is 11.1 Å². The second-order valence-corrected chi connectivity index (χ2v) is 23.7. The molecule has 82 heavy (non-hydrogen) atoms. The molecule has 416 valence electrons. The Morgan fingerprint density at radius 1 is 0.354 bits per heavy atom. The van der Waals surface area contributed by atoms with Crippen LogP contribution in [0.1, 0.15) is 136 Å². The zero-order chi connectivity index (χ0) is 56.6. The summed E-state index contributed by atoms with van der Waals surface area (Å²) in [7, 11) is 0. The van der Waals surface area contributed by atoms with E-state index >= 15 is 0 Å². The molecule has 0 heterocycles. The predicted molar refractivity (Wildman–Crippen MR) is 344 cm³/mol. The fraction of sp³-hybridized carbons (Fsp3) is 0.231. The van der Waals surface area contributed by atoms with Crippen LogP contribution in [0.15, 0.2) is 241 Å². The molecule has 0 unspecified atom stereocenters. The summed E-state index contributed by atoms with van der Waals surface area (Å²) in [6.45, 7) is 17.5. The first-order valence-electron chi connectivity index (χ1n) is 29.1. The van der Waals surface area contributed by atoms with Gasteiger partial charge in [-0.3, -0.25) is 12.2 Å². The molecule has 0 bridgehead atoms. The Morgan fingerprint density at radius 3 is 0.829 bits per heavy atom. The first-order chi connectivity index (χ1) is 39.0. The van der Waals surface area contributed by atoms with Crippen molar-refractivity contribution in [2.75, 3.05) is 0 Å². The Morgan fingerprint density at radius 2 is 0.598 bits per heavy atom. The molecule has 10 aromatic carbocycles. The standard InChI is InChI=1S/2C15H13.2C13H10.2C11H17.2ClH.2Zr/c2*1-10-3-5-14-12(7-10)9-13-8-11(2)4-6-15(13)14;2*1-3-7-12(8-4-1)11-13-9-5-2-6-10-13;2*1-3-5-10-7-8-11(9-10)6-4-2;;;;/h2*3-9H,1-2H3;2*1-10H;2*9H,3-7H2,1-2H3;2*1H;;/q2*-1;;;2*-1;;;2*+2/p-2. The summed E-state index contributed by atoms with van der Waals surface area (Å²) < 4.78 is 2.83. The number of rotatable bonds is 12. The minimum absolute atomic E-state index is 0. The second kappa shape index (κ2) is 35.6. The van der Waals surface area contributed by atoms with Crippen LogP contribution in [0.4, 0.5) is 0 Å². The molecule has 0 amide bonds. The van der Waals surface area contributed by atoms with Gasteiger partial charge in [-0.1, -0.05) is 137 Å². The fourth-order valence-electron chi connectivity index (χ4n) is 10.2. The van der Waals surface area contributed by atoms with Gasteiger partial charge in [0.1, 0.15) is 0 Å². The van der Waals surface area contributed by atoms with E-state index in [0.29, 0.717) is 0 Å². The van der Waals surface area contributed by atoms with Crippen LogP contribution in [0, 0.1) is 39.8 Å². The summed E-state index contributed by atoms with van der Waals surface area (Å²) in [6.07, 6.45) is 23.7. The van der Waals surface area contributed by atoms with Crippen molar-refractivity contribution in [3.63, 3.8) is 0 Å². The van der Waals surface area contributed by atoms with Gasteiger partial charge in [0.05, 0.1) is 0 Å². The first kappa shape index (κ1) is 67.3. The van der Waals surface area contributed by atoms with Gasteiger partial charge in [0, 0.05) is 0 Å². The summed E-state index contributed by atoms with van der Waals surface area (Å²) in [5.74, 6) is 0. The number of allylic oxidation sites excluding steroid dienone is 8. The molecule has 2 aliphatic rings. The number of benzene rings is 8. The van der Waals surface area contributed by atoms with Crippen LogP contribution in [0.2, 0.25) is 0 Å². The molecule has 0 radical (unpaired) electrons. The van der Waals surface area contributed by atoms with Gasteiger partial charge in [0.2, 0.25) is 0 Å². The van der Waals surface area contributed by atoms with Gasteiger partial charge in [-0.15, -0.1) is 92.3 Å². The molecular weight excluding hydrogens is 1190 g/mol. The Labute approximate surface area is 534 Å². The molecular formula is C78H80Cl2Zr2-2. The molecule has 2 aliphatic carbocycles. The van der Waals surface area contributed by atoms with Crippen molar-refractivity contribution >= 4 is 49.5 Å². The van der Waals surface area contributed by atoms with Crippen LogP contribution in [-0.2, 0) is 48.5 Å². The fourth-order valence-corrected chi connectivity index (χ4v) is 11.9. The van der Waals surface area contributed by atoms with E-state index in [1.165, 1.54) is 205 Å². The van der Waals surface area contributed by atoms with E-state index in [9.17, 15) is 0 Å². The summed E-state index contributed by atoms with van der Waals surface area (Å²) in [6, 6.07) is 73.4. The van der Waals surface area contributed by atoms with E-state index in [4.69, 9.17) is 0 Å². The molecule has 0 saturated heterocycles. The molecule has 0 spiro atoms. The van der Waals surface area contributed by atoms with Gasteiger partial charge in [0.15, 0.2) is 0 Å². The number of fused-ring (bicyclic) bond motifs is 6. The third-order valence-corrected chi connectivity index (χ3v) is 17.1. The number of halogens is 2. The average molecular weight is 1270 g/mol. The Balaban J connectivity index is 0.000000180. The van der Waals surface area contributed by atoms with Gasteiger partial charge in [-0.25, -0.2) is 23.3 Å². The molecule has 10 aromatic rings. The van der Waals surface area contributed by atoms with Crippen molar-refractivity contribution < 1.29 is 73.3 Å². The molecule has 4 heteroatoms. The molecule has 0 atom stereocenters. The topological polar surface area (TPSA) is 0 Å². The number of hydrogen-bond acceptors (Lipinski definition) is 0. The van der Waals surface area contributed by atoms with Crippen LogP contribution in [0.3, 0.4) is 0 Å². The van der Waals surface area contributed by atoms with Crippen LogP contribution >= 0.6 is 0 Å². The quantitative estimate of drug-likeness (QED) is 0.107. The molecule has 0 aliphatic heterocycles. The zero-order valence-corrected chi connectivity index (χ0v) is 56.0. The molecule has 0 nitrogen and oxygen atoms in total. The zero-order valence-electron chi connectivity index (χ0n) is 49.6. The van der Waals surface area contributed by atoms with E-state index in [2.05, 4.69) is 286 Å². The van der Waals surface area contributed by atoms with E-state index < -0.39 is 0 Å². The normalized spacial score (nSPS) is 12.0. The third kappa shape index (κ3) is 20.4. The summed E-state index contributed by atoms with van der Waals surface area (Å²) in [5.41, 5.74) is 16.7. The maximum absolute atomic E-state index is 3.42. The Kier molecular flexibility index (Phi) is 29.3. The van der Waals surface area contributed by atoms with Gasteiger partial charge < -0.3 is 24.8 Å². The van der Waals surface area contributed by atoms with Crippen molar-refractivity contribution in [1.29, 1.82) is 0 Å². The Hall–Kier alpha value is -5.45. The van der Waals surface area contributed by atoms with Gasteiger partial charge in [-0.05, 0) is 40.5 Å². The van der Waals surface area contributed by atoms with Crippen LogP contribution in [0.25, 0.3) is 43.1 Å². The van der Waals surface area contributed by atoms with E-state index in [0.717, 1.165) is 12.8 Å². The summed E-state index contributed by atoms with van der Waals surface area (Å²) >= 11 is 2.92. The average Bonchev–Trinajstić information content (AvgIpc) is 4.44. The molecule has 0 aromatic heterocycles. The molecule has 12 rings (SSSR count). The van der Waals surface area contributed by atoms with Crippen molar-refractivity contribution in [1.82, 2.24) is 0 Å². The van der Waals surface area contributed by atoms with Crippen molar-refractivity contribution in [3.05, 3.63) is 297 Å². The number of aryl methyl sites for hydroxylation is 4. The van der Waals surface area contributed by atoms with Crippen LogP contribution in [-0.4, -0.2) is 6.41 Å². The van der Waals surface area contributed by atoms with Crippen molar-refractivity contribution in [2.24, 2.45) is 0 Å². The van der Waals surface area contributed by atoms with Gasteiger partial charge in [0.25, 0.3) is 0 Å². The third-order valence-electron chi connectivity index (χ3n) is 14.3. The molecule has 0 N–H and O–H groups in total. The molecule has 0 saturated carbocycles. The maximum atomic E-state index is 3.42. The van der Waals surface area contributed by atoms with Crippen molar-refractivity contribution in [3.8, 4) is 0 Å². The van der Waals surface area contributed by atoms with E-state index in [1.807, 2.05) is 0 Å². The SMILES string of the molecule is CCCC1=[C-]CC(CCC)=C1.CCCC1=[C-]CC(CCC)=C1.Cc1ccc2c(c1)[cH-]c1cc(C)ccc12.Cc1ccc2c(c1)[cH-]c1cc(C)ccc12.[Cl-].[Cl-].[Zr+2]=[C](c1ccccc1)c1ccccc1.[Zr+2]=[C](c1ccccc1)c1ccccc1. The first-order valence-corrected chi connectivity index (χ1v) is 31.5. The van der Waals surface area contributed by atoms with Gasteiger partial charge >= 0.3 is 198 Å². The minimum atomic E-state index is 0.